The van der Waals surface area contributed by atoms with Gasteiger partial charge in [-0.3, -0.25) is 10.1 Å². The van der Waals surface area contributed by atoms with Crippen LogP contribution in [0, 0.1) is 20.8 Å². The number of rotatable bonds is 4. The van der Waals surface area contributed by atoms with Crippen molar-refractivity contribution in [2.75, 3.05) is 5.75 Å². The van der Waals surface area contributed by atoms with E-state index in [1.54, 1.807) is 0 Å². The van der Waals surface area contributed by atoms with Crippen LogP contribution in [0.2, 0.25) is 0 Å². The Morgan fingerprint density at radius 3 is 2.35 bits per heavy atom. The lowest BCUT2D eigenvalue weighted by atomic mass is 10.2. The minimum absolute atomic E-state index is 0.125. The smallest absolute Gasteiger partial charge is 0.321 e. The molecule has 108 valence electrons. The molecule has 3 amide bonds. The standard InChI is InChI=1S/C13H18N4O2S/c1-7-8(2)14-13(15-9(7)3)20-6-11(18)17-12(19)16-10-4-5-10/h10H,4-6H2,1-3H3,(H2,16,17,18,19). The molecular formula is C13H18N4O2S. The average molecular weight is 294 g/mol. The van der Waals surface area contributed by atoms with Crippen LogP contribution in [0.5, 0.6) is 0 Å². The molecule has 2 rings (SSSR count). The van der Waals surface area contributed by atoms with Gasteiger partial charge >= 0.3 is 6.03 Å². The van der Waals surface area contributed by atoms with E-state index < -0.39 is 6.03 Å². The summed E-state index contributed by atoms with van der Waals surface area (Å²) in [6.07, 6.45) is 1.98. The molecule has 1 saturated carbocycles. The second-order valence-corrected chi connectivity index (χ2v) is 5.83. The largest absolute Gasteiger partial charge is 0.335 e. The van der Waals surface area contributed by atoms with E-state index in [0.29, 0.717) is 5.16 Å². The summed E-state index contributed by atoms with van der Waals surface area (Å²) in [5.74, 6) is -0.215. The molecule has 0 spiro atoms. The second kappa shape index (κ2) is 6.21. The van der Waals surface area contributed by atoms with Crippen LogP contribution in [0.4, 0.5) is 4.79 Å². The van der Waals surface area contributed by atoms with E-state index >= 15 is 0 Å². The first-order chi connectivity index (χ1) is 9.45. The van der Waals surface area contributed by atoms with Crippen molar-refractivity contribution in [1.82, 2.24) is 20.6 Å². The number of nitrogens with one attached hydrogen (secondary N) is 2. The third-order valence-corrected chi connectivity index (χ3v) is 3.96. The Hall–Kier alpha value is -1.63. The molecule has 0 atom stereocenters. The first kappa shape index (κ1) is 14.8. The maximum atomic E-state index is 11.6. The normalized spacial score (nSPS) is 13.9. The summed E-state index contributed by atoms with van der Waals surface area (Å²) in [4.78, 5) is 31.6. The Kier molecular flexibility index (Phi) is 4.59. The molecule has 0 saturated heterocycles. The van der Waals surface area contributed by atoms with Gasteiger partial charge in [-0.1, -0.05) is 11.8 Å². The van der Waals surface area contributed by atoms with Crippen molar-refractivity contribution in [2.45, 2.75) is 44.8 Å². The number of urea groups is 1. The summed E-state index contributed by atoms with van der Waals surface area (Å²) in [6.45, 7) is 5.79. The lowest BCUT2D eigenvalue weighted by molar-refractivity contribution is -0.117. The van der Waals surface area contributed by atoms with Crippen LogP contribution in [0.3, 0.4) is 0 Å². The fourth-order valence-corrected chi connectivity index (χ4v) is 2.28. The highest BCUT2D eigenvalue weighted by Crippen LogP contribution is 2.18. The Bertz CT molecular complexity index is 520. The zero-order valence-corrected chi connectivity index (χ0v) is 12.6. The van der Waals surface area contributed by atoms with E-state index in [9.17, 15) is 9.59 Å². The summed E-state index contributed by atoms with van der Waals surface area (Å²) in [5.41, 5.74) is 2.88. The molecule has 1 aromatic rings. The van der Waals surface area contributed by atoms with Crippen molar-refractivity contribution < 1.29 is 9.59 Å². The summed E-state index contributed by atoms with van der Waals surface area (Å²) < 4.78 is 0. The van der Waals surface area contributed by atoms with E-state index in [1.165, 1.54) is 11.8 Å². The Morgan fingerprint density at radius 1 is 1.20 bits per heavy atom. The third kappa shape index (κ3) is 4.19. The van der Waals surface area contributed by atoms with Crippen LogP contribution in [-0.2, 0) is 4.79 Å². The summed E-state index contributed by atoms with van der Waals surface area (Å²) in [7, 11) is 0. The van der Waals surface area contributed by atoms with Crippen LogP contribution in [0.15, 0.2) is 5.16 Å². The van der Waals surface area contributed by atoms with E-state index in [-0.39, 0.29) is 17.7 Å². The van der Waals surface area contributed by atoms with Crippen LogP contribution >= 0.6 is 11.8 Å². The van der Waals surface area contributed by atoms with Crippen molar-refractivity contribution in [2.24, 2.45) is 0 Å². The molecule has 7 heteroatoms. The van der Waals surface area contributed by atoms with Crippen molar-refractivity contribution in [3.05, 3.63) is 17.0 Å². The van der Waals surface area contributed by atoms with Crippen molar-refractivity contribution >= 4 is 23.7 Å². The zero-order valence-electron chi connectivity index (χ0n) is 11.8. The van der Waals surface area contributed by atoms with Gasteiger partial charge in [0.15, 0.2) is 5.16 Å². The molecule has 0 aliphatic heterocycles. The SMILES string of the molecule is Cc1nc(SCC(=O)NC(=O)NC2CC2)nc(C)c1C. The lowest BCUT2D eigenvalue weighted by Gasteiger charge is -2.07. The molecule has 6 nitrogen and oxygen atoms in total. The summed E-state index contributed by atoms with van der Waals surface area (Å²) >= 11 is 1.23. The van der Waals surface area contributed by atoms with Gasteiger partial charge in [0.05, 0.1) is 5.75 Å². The number of amides is 3. The highest BCUT2D eigenvalue weighted by molar-refractivity contribution is 7.99. The van der Waals surface area contributed by atoms with Crippen molar-refractivity contribution in [3.8, 4) is 0 Å². The molecule has 2 N–H and O–H groups in total. The molecule has 0 aromatic carbocycles. The van der Waals surface area contributed by atoms with Gasteiger partial charge in [0, 0.05) is 17.4 Å². The minimum Gasteiger partial charge on any atom is -0.335 e. The van der Waals surface area contributed by atoms with Crippen LogP contribution < -0.4 is 10.6 Å². The Balaban J connectivity index is 1.81. The van der Waals surface area contributed by atoms with Crippen LogP contribution in [0.25, 0.3) is 0 Å². The van der Waals surface area contributed by atoms with E-state index in [4.69, 9.17) is 0 Å². The maximum absolute atomic E-state index is 11.6. The number of hydrogen-bond acceptors (Lipinski definition) is 5. The van der Waals surface area contributed by atoms with Gasteiger partial charge in [0.2, 0.25) is 5.91 Å². The third-order valence-electron chi connectivity index (χ3n) is 3.11. The van der Waals surface area contributed by atoms with Crippen molar-refractivity contribution in [3.63, 3.8) is 0 Å². The molecule has 1 heterocycles. The van der Waals surface area contributed by atoms with E-state index in [2.05, 4.69) is 20.6 Å². The number of hydrogen-bond donors (Lipinski definition) is 2. The Labute approximate surface area is 122 Å². The molecule has 20 heavy (non-hydrogen) atoms. The second-order valence-electron chi connectivity index (χ2n) is 4.89. The molecule has 0 radical (unpaired) electrons. The predicted octanol–water partition coefficient (Wildman–Crippen LogP) is 1.48. The van der Waals surface area contributed by atoms with Gasteiger partial charge < -0.3 is 5.32 Å². The number of carbonyl (C=O) groups is 2. The van der Waals surface area contributed by atoms with Gasteiger partial charge in [-0.2, -0.15) is 0 Å². The number of thioether (sulfide) groups is 1. The first-order valence-corrected chi connectivity index (χ1v) is 7.49. The predicted molar refractivity (Wildman–Crippen MR) is 76.7 cm³/mol. The molecule has 0 unspecified atom stereocenters. The van der Waals surface area contributed by atoms with Gasteiger partial charge in [0.1, 0.15) is 0 Å². The summed E-state index contributed by atoms with van der Waals surface area (Å²) in [5, 5.41) is 5.55. The first-order valence-electron chi connectivity index (χ1n) is 6.50. The molecule has 1 aromatic heterocycles. The highest BCUT2D eigenvalue weighted by Gasteiger charge is 2.23. The fourth-order valence-electron chi connectivity index (χ4n) is 1.55. The highest BCUT2D eigenvalue weighted by atomic mass is 32.2. The van der Waals surface area contributed by atoms with Gasteiger partial charge in [-0.05, 0) is 39.2 Å². The molecule has 1 aliphatic rings. The van der Waals surface area contributed by atoms with Gasteiger partial charge in [-0.15, -0.1) is 0 Å². The molecule has 0 bridgehead atoms. The van der Waals surface area contributed by atoms with Gasteiger partial charge in [-0.25, -0.2) is 14.8 Å². The topological polar surface area (TPSA) is 84.0 Å². The Morgan fingerprint density at radius 2 is 1.80 bits per heavy atom. The molecule has 1 aliphatic carbocycles. The number of aryl methyl sites for hydroxylation is 2. The number of nitrogens with zero attached hydrogens (tertiary/aromatic N) is 2. The van der Waals surface area contributed by atoms with Crippen molar-refractivity contribution in [1.29, 1.82) is 0 Å². The number of aromatic nitrogens is 2. The average Bonchev–Trinajstić information content (AvgIpc) is 3.16. The van der Waals surface area contributed by atoms with E-state index in [0.717, 1.165) is 29.8 Å². The number of carbonyl (C=O) groups excluding carboxylic acids is 2. The number of imide groups is 1. The monoisotopic (exact) mass is 294 g/mol. The van der Waals surface area contributed by atoms with Crippen LogP contribution in [0.1, 0.15) is 29.8 Å². The minimum atomic E-state index is -0.421. The van der Waals surface area contributed by atoms with Gasteiger partial charge in [0.25, 0.3) is 0 Å². The summed E-state index contributed by atoms with van der Waals surface area (Å²) in [6, 6.07) is -0.184. The van der Waals surface area contributed by atoms with Crippen LogP contribution in [-0.4, -0.2) is 33.7 Å². The quantitative estimate of drug-likeness (QED) is 0.649. The zero-order chi connectivity index (χ0) is 14.7. The van der Waals surface area contributed by atoms with E-state index in [1.807, 2.05) is 20.8 Å². The fraction of sp³-hybridized carbons (Fsp3) is 0.538. The lowest BCUT2D eigenvalue weighted by Crippen LogP contribution is -2.41. The molecular weight excluding hydrogens is 276 g/mol. The maximum Gasteiger partial charge on any atom is 0.321 e. The molecule has 1 fully saturated rings.